The second-order valence-electron chi connectivity index (χ2n) is 5.57. The third-order valence-electron chi connectivity index (χ3n) is 3.64. The number of ketones is 1. The SMILES string of the molecule is Cc1cccc(OC(=O)CCC(=O)c2ccc3c(c2)OCCO3)c1. The lowest BCUT2D eigenvalue weighted by Crippen LogP contribution is -2.16. The summed E-state index contributed by atoms with van der Waals surface area (Å²) in [6, 6.07) is 12.3. The number of carbonyl (C=O) groups is 2. The highest BCUT2D eigenvalue weighted by molar-refractivity contribution is 5.98. The first kappa shape index (κ1) is 16.1. The number of ether oxygens (including phenoxy) is 3. The molecule has 124 valence electrons. The summed E-state index contributed by atoms with van der Waals surface area (Å²) < 4.78 is 16.1. The number of Topliss-reactive ketones (excluding diaryl/α,β-unsaturated/α-hetero) is 1. The van der Waals surface area contributed by atoms with Gasteiger partial charge in [0, 0.05) is 12.0 Å². The van der Waals surface area contributed by atoms with E-state index in [0.717, 1.165) is 5.56 Å². The molecular formula is C19H18O5. The maximum atomic E-state index is 12.2. The van der Waals surface area contributed by atoms with Crippen molar-refractivity contribution in [2.45, 2.75) is 19.8 Å². The van der Waals surface area contributed by atoms with Crippen molar-refractivity contribution in [2.75, 3.05) is 13.2 Å². The zero-order valence-electron chi connectivity index (χ0n) is 13.4. The van der Waals surface area contributed by atoms with Crippen molar-refractivity contribution < 1.29 is 23.8 Å². The molecule has 0 radical (unpaired) electrons. The Balaban J connectivity index is 1.56. The summed E-state index contributed by atoms with van der Waals surface area (Å²) in [6.45, 7) is 2.89. The van der Waals surface area contributed by atoms with Crippen molar-refractivity contribution in [3.63, 3.8) is 0 Å². The van der Waals surface area contributed by atoms with Crippen LogP contribution in [0.2, 0.25) is 0 Å². The first-order valence-corrected chi connectivity index (χ1v) is 7.82. The van der Waals surface area contributed by atoms with Crippen LogP contribution in [0, 0.1) is 6.92 Å². The summed E-state index contributed by atoms with van der Waals surface area (Å²) in [4.78, 5) is 24.1. The summed E-state index contributed by atoms with van der Waals surface area (Å²) in [5.74, 6) is 1.14. The highest BCUT2D eigenvalue weighted by Gasteiger charge is 2.16. The monoisotopic (exact) mass is 326 g/mol. The summed E-state index contributed by atoms with van der Waals surface area (Å²) in [6.07, 6.45) is 0.117. The zero-order chi connectivity index (χ0) is 16.9. The minimum atomic E-state index is -0.425. The largest absolute Gasteiger partial charge is 0.486 e. The molecule has 0 unspecified atom stereocenters. The Morgan fingerprint density at radius 2 is 1.79 bits per heavy atom. The van der Waals surface area contributed by atoms with Crippen molar-refractivity contribution in [1.29, 1.82) is 0 Å². The molecule has 0 amide bonds. The molecule has 1 aliphatic rings. The lowest BCUT2D eigenvalue weighted by Gasteiger charge is -2.18. The molecular weight excluding hydrogens is 308 g/mol. The smallest absolute Gasteiger partial charge is 0.311 e. The normalized spacial score (nSPS) is 12.5. The third-order valence-corrected chi connectivity index (χ3v) is 3.64. The molecule has 0 atom stereocenters. The van der Waals surface area contributed by atoms with Crippen LogP contribution in [0.3, 0.4) is 0 Å². The van der Waals surface area contributed by atoms with E-state index >= 15 is 0 Å². The number of aryl methyl sites for hydroxylation is 1. The van der Waals surface area contributed by atoms with Crippen molar-refractivity contribution in [2.24, 2.45) is 0 Å². The van der Waals surface area contributed by atoms with Crippen LogP contribution in [-0.2, 0) is 4.79 Å². The van der Waals surface area contributed by atoms with E-state index in [0.29, 0.717) is 36.0 Å². The van der Waals surface area contributed by atoms with Gasteiger partial charge in [0.15, 0.2) is 17.3 Å². The lowest BCUT2D eigenvalue weighted by atomic mass is 10.1. The highest BCUT2D eigenvalue weighted by atomic mass is 16.6. The number of carbonyl (C=O) groups excluding carboxylic acids is 2. The molecule has 0 fully saturated rings. The number of fused-ring (bicyclic) bond motifs is 1. The molecule has 24 heavy (non-hydrogen) atoms. The van der Waals surface area contributed by atoms with Crippen LogP contribution in [0.25, 0.3) is 0 Å². The molecule has 1 aliphatic heterocycles. The number of benzene rings is 2. The van der Waals surface area contributed by atoms with Gasteiger partial charge in [0.05, 0.1) is 6.42 Å². The Morgan fingerprint density at radius 3 is 2.58 bits per heavy atom. The van der Waals surface area contributed by atoms with Gasteiger partial charge in [0.25, 0.3) is 0 Å². The molecule has 3 rings (SSSR count). The first-order chi connectivity index (χ1) is 11.6. The van der Waals surface area contributed by atoms with Gasteiger partial charge < -0.3 is 14.2 Å². The summed E-state index contributed by atoms with van der Waals surface area (Å²) in [5.41, 5.74) is 1.51. The number of rotatable bonds is 5. The molecule has 0 saturated carbocycles. The van der Waals surface area contributed by atoms with Gasteiger partial charge in [0.1, 0.15) is 19.0 Å². The van der Waals surface area contributed by atoms with Crippen LogP contribution >= 0.6 is 0 Å². The van der Waals surface area contributed by atoms with E-state index in [1.54, 1.807) is 30.3 Å². The Morgan fingerprint density at radius 1 is 1.00 bits per heavy atom. The topological polar surface area (TPSA) is 61.8 Å². The lowest BCUT2D eigenvalue weighted by molar-refractivity contribution is -0.134. The molecule has 0 spiro atoms. The molecule has 1 heterocycles. The van der Waals surface area contributed by atoms with Crippen molar-refractivity contribution in [3.05, 3.63) is 53.6 Å². The van der Waals surface area contributed by atoms with E-state index in [9.17, 15) is 9.59 Å². The van der Waals surface area contributed by atoms with Crippen molar-refractivity contribution in [3.8, 4) is 17.2 Å². The predicted octanol–water partition coefficient (Wildman–Crippen LogP) is 3.33. The second kappa shape index (κ2) is 7.17. The number of hydrogen-bond acceptors (Lipinski definition) is 5. The van der Waals surface area contributed by atoms with Crippen molar-refractivity contribution in [1.82, 2.24) is 0 Å². The van der Waals surface area contributed by atoms with Gasteiger partial charge in [-0.05, 0) is 42.8 Å². The van der Waals surface area contributed by atoms with E-state index in [1.807, 2.05) is 19.1 Å². The van der Waals surface area contributed by atoms with Crippen LogP contribution in [0.4, 0.5) is 0 Å². The standard InChI is InChI=1S/C19H18O5/c1-13-3-2-4-15(11-13)24-19(21)8-6-16(20)14-5-7-17-18(12-14)23-10-9-22-17/h2-5,7,11-12H,6,8-10H2,1H3. The molecule has 2 aromatic rings. The van der Waals surface area contributed by atoms with Gasteiger partial charge in [-0.3, -0.25) is 9.59 Å². The van der Waals surface area contributed by atoms with Crippen LogP contribution in [0.1, 0.15) is 28.8 Å². The molecule has 2 aromatic carbocycles. The molecule has 0 aromatic heterocycles. The van der Waals surface area contributed by atoms with E-state index in [-0.39, 0.29) is 18.6 Å². The predicted molar refractivity (Wildman–Crippen MR) is 87.8 cm³/mol. The molecule has 5 heteroatoms. The minimum Gasteiger partial charge on any atom is -0.486 e. The fraction of sp³-hybridized carbons (Fsp3) is 0.263. The van der Waals surface area contributed by atoms with E-state index in [1.165, 1.54) is 0 Å². The van der Waals surface area contributed by atoms with Crippen LogP contribution in [0.5, 0.6) is 17.2 Å². The molecule has 0 aliphatic carbocycles. The maximum Gasteiger partial charge on any atom is 0.311 e. The second-order valence-corrected chi connectivity index (χ2v) is 5.57. The molecule has 0 saturated heterocycles. The quantitative estimate of drug-likeness (QED) is 0.479. The zero-order valence-corrected chi connectivity index (χ0v) is 13.4. The Bertz CT molecular complexity index is 766. The number of esters is 1. The van der Waals surface area contributed by atoms with Crippen molar-refractivity contribution >= 4 is 11.8 Å². The van der Waals surface area contributed by atoms with E-state index in [2.05, 4.69) is 0 Å². The van der Waals surface area contributed by atoms with Crippen LogP contribution in [0.15, 0.2) is 42.5 Å². The summed E-state index contributed by atoms with van der Waals surface area (Å²) in [5, 5.41) is 0. The van der Waals surface area contributed by atoms with E-state index < -0.39 is 5.97 Å². The Kier molecular flexibility index (Phi) is 4.79. The third kappa shape index (κ3) is 3.93. The summed E-state index contributed by atoms with van der Waals surface area (Å²) in [7, 11) is 0. The molecule has 5 nitrogen and oxygen atoms in total. The Hall–Kier alpha value is -2.82. The maximum absolute atomic E-state index is 12.2. The first-order valence-electron chi connectivity index (χ1n) is 7.82. The van der Waals surface area contributed by atoms with Crippen LogP contribution in [-0.4, -0.2) is 25.0 Å². The van der Waals surface area contributed by atoms with Gasteiger partial charge in [-0.15, -0.1) is 0 Å². The molecule has 0 N–H and O–H groups in total. The van der Waals surface area contributed by atoms with Gasteiger partial charge in [-0.2, -0.15) is 0 Å². The van der Waals surface area contributed by atoms with Gasteiger partial charge in [-0.1, -0.05) is 12.1 Å². The highest BCUT2D eigenvalue weighted by Crippen LogP contribution is 2.31. The average molecular weight is 326 g/mol. The Labute approximate surface area is 140 Å². The van der Waals surface area contributed by atoms with Crippen LogP contribution < -0.4 is 14.2 Å². The van der Waals surface area contributed by atoms with E-state index in [4.69, 9.17) is 14.2 Å². The average Bonchev–Trinajstić information content (AvgIpc) is 2.59. The van der Waals surface area contributed by atoms with Gasteiger partial charge >= 0.3 is 5.97 Å². The number of hydrogen-bond donors (Lipinski definition) is 0. The molecule has 0 bridgehead atoms. The summed E-state index contributed by atoms with van der Waals surface area (Å²) >= 11 is 0. The van der Waals surface area contributed by atoms with Gasteiger partial charge in [-0.25, -0.2) is 0 Å². The minimum absolute atomic E-state index is 0.0290. The van der Waals surface area contributed by atoms with Gasteiger partial charge in [0.2, 0.25) is 0 Å². The fourth-order valence-electron chi connectivity index (χ4n) is 2.44. The fourth-order valence-corrected chi connectivity index (χ4v) is 2.44.